The molecule has 0 aliphatic rings. The summed E-state index contributed by atoms with van der Waals surface area (Å²) in [5, 5.41) is 3.41. The van der Waals surface area contributed by atoms with E-state index in [9.17, 15) is 4.79 Å². The summed E-state index contributed by atoms with van der Waals surface area (Å²) in [5.74, 6) is 0.367. The molecule has 1 N–H and O–H groups in total. The lowest BCUT2D eigenvalue weighted by Crippen LogP contribution is -2.19. The van der Waals surface area contributed by atoms with Crippen molar-refractivity contribution in [1.82, 2.24) is 14.9 Å². The van der Waals surface area contributed by atoms with Crippen LogP contribution in [0.5, 0.6) is 5.75 Å². The summed E-state index contributed by atoms with van der Waals surface area (Å²) in [6.45, 7) is 6.44. The van der Waals surface area contributed by atoms with Crippen LogP contribution in [0.25, 0.3) is 0 Å². The van der Waals surface area contributed by atoms with Crippen molar-refractivity contribution in [3.8, 4) is 5.75 Å². The summed E-state index contributed by atoms with van der Waals surface area (Å²) in [6, 6.07) is 4.15. The zero-order chi connectivity index (χ0) is 16.7. The van der Waals surface area contributed by atoms with Gasteiger partial charge in [-0.15, -0.1) is 0 Å². The normalized spacial score (nSPS) is 10.6. The van der Waals surface area contributed by atoms with E-state index in [-0.39, 0.29) is 12.6 Å². The van der Waals surface area contributed by atoms with Gasteiger partial charge in [0, 0.05) is 32.0 Å². The van der Waals surface area contributed by atoms with E-state index in [1.165, 1.54) is 12.7 Å². The standard InChI is InChI=1S/C17H23N3O3/c1-13-8-15(10-18-4-6-20-7-5-19-12-20)9-14(2)17(13)23-11-16(21)22-3/h5,7-9,12,18H,4,6,10-11H2,1-3H3. The van der Waals surface area contributed by atoms with Crippen LogP contribution < -0.4 is 10.1 Å². The minimum Gasteiger partial charge on any atom is -0.481 e. The maximum atomic E-state index is 11.2. The molecule has 0 bridgehead atoms. The van der Waals surface area contributed by atoms with E-state index in [2.05, 4.69) is 27.2 Å². The van der Waals surface area contributed by atoms with Gasteiger partial charge in [-0.3, -0.25) is 0 Å². The molecule has 124 valence electrons. The lowest BCUT2D eigenvalue weighted by atomic mass is 10.1. The van der Waals surface area contributed by atoms with E-state index < -0.39 is 0 Å². The number of rotatable bonds is 8. The van der Waals surface area contributed by atoms with E-state index in [4.69, 9.17) is 4.74 Å². The van der Waals surface area contributed by atoms with Gasteiger partial charge in [0.2, 0.25) is 0 Å². The Kier molecular flexibility index (Phi) is 6.17. The van der Waals surface area contributed by atoms with Gasteiger partial charge >= 0.3 is 5.97 Å². The van der Waals surface area contributed by atoms with Gasteiger partial charge in [-0.1, -0.05) is 12.1 Å². The van der Waals surface area contributed by atoms with Crippen molar-refractivity contribution in [1.29, 1.82) is 0 Å². The van der Waals surface area contributed by atoms with Crippen LogP contribution in [0.4, 0.5) is 0 Å². The second-order valence-electron chi connectivity index (χ2n) is 5.40. The molecule has 2 aromatic rings. The molecular formula is C17H23N3O3. The van der Waals surface area contributed by atoms with Gasteiger partial charge in [0.25, 0.3) is 0 Å². The number of carbonyl (C=O) groups is 1. The molecule has 0 atom stereocenters. The highest BCUT2D eigenvalue weighted by Gasteiger charge is 2.09. The molecule has 1 heterocycles. The van der Waals surface area contributed by atoms with Crippen molar-refractivity contribution in [2.75, 3.05) is 20.3 Å². The zero-order valence-electron chi connectivity index (χ0n) is 13.8. The number of nitrogens with zero attached hydrogens (tertiary/aromatic N) is 2. The van der Waals surface area contributed by atoms with Crippen molar-refractivity contribution in [3.63, 3.8) is 0 Å². The van der Waals surface area contributed by atoms with Gasteiger partial charge < -0.3 is 19.4 Å². The molecule has 0 saturated heterocycles. The molecule has 1 aromatic heterocycles. The third-order valence-corrected chi connectivity index (χ3v) is 3.52. The highest BCUT2D eigenvalue weighted by atomic mass is 16.6. The molecule has 0 fully saturated rings. The fourth-order valence-electron chi connectivity index (χ4n) is 2.42. The summed E-state index contributed by atoms with van der Waals surface area (Å²) in [5.41, 5.74) is 3.22. The summed E-state index contributed by atoms with van der Waals surface area (Å²) < 4.78 is 12.2. The molecule has 0 spiro atoms. The first-order valence-corrected chi connectivity index (χ1v) is 7.56. The zero-order valence-corrected chi connectivity index (χ0v) is 13.8. The first-order chi connectivity index (χ1) is 11.1. The number of hydrogen-bond donors (Lipinski definition) is 1. The van der Waals surface area contributed by atoms with E-state index >= 15 is 0 Å². The summed E-state index contributed by atoms with van der Waals surface area (Å²) in [4.78, 5) is 15.2. The van der Waals surface area contributed by atoms with Gasteiger partial charge in [-0.05, 0) is 30.5 Å². The fourth-order valence-corrected chi connectivity index (χ4v) is 2.42. The highest BCUT2D eigenvalue weighted by molar-refractivity contribution is 5.71. The first-order valence-electron chi connectivity index (χ1n) is 7.56. The number of nitrogens with one attached hydrogen (secondary N) is 1. The van der Waals surface area contributed by atoms with E-state index in [1.807, 2.05) is 30.9 Å². The molecule has 0 unspecified atom stereocenters. The van der Waals surface area contributed by atoms with Crippen LogP contribution in [0.2, 0.25) is 0 Å². The largest absolute Gasteiger partial charge is 0.481 e. The predicted octanol–water partition coefficient (Wildman–Crippen LogP) is 1.84. The van der Waals surface area contributed by atoms with Crippen molar-refractivity contribution in [3.05, 3.63) is 47.5 Å². The Bertz CT molecular complexity index is 616. The third-order valence-electron chi connectivity index (χ3n) is 3.52. The summed E-state index contributed by atoms with van der Waals surface area (Å²) in [6.07, 6.45) is 5.53. The Morgan fingerprint density at radius 1 is 1.30 bits per heavy atom. The van der Waals surface area contributed by atoms with Crippen LogP contribution in [0, 0.1) is 13.8 Å². The second-order valence-corrected chi connectivity index (χ2v) is 5.40. The molecule has 1 aromatic carbocycles. The number of imidazole rings is 1. The minimum atomic E-state index is -0.381. The van der Waals surface area contributed by atoms with Crippen LogP contribution in [0.1, 0.15) is 16.7 Å². The number of aryl methyl sites for hydroxylation is 2. The van der Waals surface area contributed by atoms with E-state index in [0.29, 0.717) is 0 Å². The Balaban J connectivity index is 1.87. The number of esters is 1. The molecule has 23 heavy (non-hydrogen) atoms. The average molecular weight is 317 g/mol. The third kappa shape index (κ3) is 5.10. The number of aromatic nitrogens is 2. The Morgan fingerprint density at radius 2 is 2.04 bits per heavy atom. The van der Waals surface area contributed by atoms with Gasteiger partial charge in [0.1, 0.15) is 5.75 Å². The van der Waals surface area contributed by atoms with Crippen molar-refractivity contribution >= 4 is 5.97 Å². The van der Waals surface area contributed by atoms with Crippen LogP contribution >= 0.6 is 0 Å². The molecule has 2 rings (SSSR count). The molecule has 0 amide bonds. The Hall–Kier alpha value is -2.34. The predicted molar refractivity (Wildman–Crippen MR) is 87.4 cm³/mol. The van der Waals surface area contributed by atoms with Gasteiger partial charge in [-0.25, -0.2) is 9.78 Å². The van der Waals surface area contributed by atoms with Crippen molar-refractivity contribution < 1.29 is 14.3 Å². The SMILES string of the molecule is COC(=O)COc1c(C)cc(CNCCn2ccnc2)cc1C. The van der Waals surface area contributed by atoms with Crippen molar-refractivity contribution in [2.45, 2.75) is 26.9 Å². The minimum absolute atomic E-state index is 0.0688. The number of hydrogen-bond acceptors (Lipinski definition) is 5. The molecule has 6 nitrogen and oxygen atoms in total. The Morgan fingerprint density at radius 3 is 2.65 bits per heavy atom. The summed E-state index contributed by atoms with van der Waals surface area (Å²) in [7, 11) is 1.35. The molecule has 0 aliphatic carbocycles. The van der Waals surface area contributed by atoms with Crippen LogP contribution in [-0.2, 0) is 22.6 Å². The maximum Gasteiger partial charge on any atom is 0.343 e. The van der Waals surface area contributed by atoms with E-state index in [0.717, 1.165) is 36.5 Å². The average Bonchev–Trinajstić information content (AvgIpc) is 3.03. The smallest absolute Gasteiger partial charge is 0.343 e. The highest BCUT2D eigenvalue weighted by Crippen LogP contribution is 2.24. The number of benzene rings is 1. The molecule has 0 saturated carbocycles. The molecule has 0 aliphatic heterocycles. The lowest BCUT2D eigenvalue weighted by Gasteiger charge is -2.14. The quantitative estimate of drug-likeness (QED) is 0.594. The lowest BCUT2D eigenvalue weighted by molar-refractivity contribution is -0.142. The number of methoxy groups -OCH3 is 1. The molecule has 6 heteroatoms. The second kappa shape index (κ2) is 8.33. The van der Waals surface area contributed by atoms with Gasteiger partial charge in [0.15, 0.2) is 6.61 Å². The topological polar surface area (TPSA) is 65.4 Å². The Labute approximate surface area is 136 Å². The van der Waals surface area contributed by atoms with Crippen LogP contribution in [0.15, 0.2) is 30.9 Å². The van der Waals surface area contributed by atoms with Gasteiger partial charge in [0.05, 0.1) is 13.4 Å². The fraction of sp³-hybridized carbons (Fsp3) is 0.412. The molecular weight excluding hydrogens is 294 g/mol. The van der Waals surface area contributed by atoms with Crippen LogP contribution in [-0.4, -0.2) is 35.8 Å². The molecule has 0 radical (unpaired) electrons. The van der Waals surface area contributed by atoms with Crippen LogP contribution in [0.3, 0.4) is 0 Å². The maximum absolute atomic E-state index is 11.2. The number of carbonyl (C=O) groups excluding carboxylic acids is 1. The van der Waals surface area contributed by atoms with Crippen molar-refractivity contribution in [2.24, 2.45) is 0 Å². The summed E-state index contributed by atoms with van der Waals surface area (Å²) >= 11 is 0. The van der Waals surface area contributed by atoms with E-state index in [1.54, 1.807) is 6.20 Å². The number of ether oxygens (including phenoxy) is 2. The van der Waals surface area contributed by atoms with Gasteiger partial charge in [-0.2, -0.15) is 0 Å². The first kappa shape index (κ1) is 17.0. The monoisotopic (exact) mass is 317 g/mol.